The normalized spacial score (nSPS) is 11.8. The molecule has 1 radical (unpaired) electrons. The van der Waals surface area contributed by atoms with Gasteiger partial charge in [-0.2, -0.15) is 0 Å². The number of esters is 2. The first-order valence-corrected chi connectivity index (χ1v) is 21.9. The van der Waals surface area contributed by atoms with Gasteiger partial charge in [0.15, 0.2) is 13.1 Å². The van der Waals surface area contributed by atoms with E-state index in [1.807, 2.05) is 19.0 Å². The zero-order valence-corrected chi connectivity index (χ0v) is 34.8. The molecule has 7 heteroatoms. The van der Waals surface area contributed by atoms with Crippen molar-refractivity contribution in [2.75, 3.05) is 46.9 Å². The van der Waals surface area contributed by atoms with Crippen LogP contribution in [0.2, 0.25) is 0 Å². The molecular weight excluding hydrogens is 649 g/mol. The van der Waals surface area contributed by atoms with Gasteiger partial charge in [-0.05, 0) is 78.3 Å². The van der Waals surface area contributed by atoms with Crippen molar-refractivity contribution in [3.63, 3.8) is 0 Å². The lowest BCUT2D eigenvalue weighted by molar-refractivity contribution is -0.145. The Hall–Kier alpha value is -1.99. The first-order valence-electron chi connectivity index (χ1n) is 21.9. The van der Waals surface area contributed by atoms with E-state index in [-0.39, 0.29) is 31.1 Å². The fourth-order valence-electron chi connectivity index (χ4n) is 6.20. The molecule has 7 nitrogen and oxygen atoms in total. The van der Waals surface area contributed by atoms with Crippen LogP contribution in [0.1, 0.15) is 200 Å². The summed E-state index contributed by atoms with van der Waals surface area (Å²) in [5.74, 6) is -0.426. The van der Waals surface area contributed by atoms with E-state index in [4.69, 9.17) is 9.47 Å². The average molecular weight is 733 g/mol. The molecule has 52 heavy (non-hydrogen) atoms. The third kappa shape index (κ3) is 37.8. The Bertz CT molecular complexity index is 814. The molecule has 0 fully saturated rings. The molecule has 0 saturated heterocycles. The lowest BCUT2D eigenvalue weighted by Gasteiger charge is -2.13. The maximum atomic E-state index is 12.9. The van der Waals surface area contributed by atoms with Gasteiger partial charge in [0.1, 0.15) is 13.2 Å². The summed E-state index contributed by atoms with van der Waals surface area (Å²) in [6, 6.07) is 0. The van der Waals surface area contributed by atoms with Crippen molar-refractivity contribution in [2.45, 2.75) is 200 Å². The second-order valence-electron chi connectivity index (χ2n) is 15.0. The van der Waals surface area contributed by atoms with Crippen LogP contribution in [0.25, 0.3) is 0 Å². The van der Waals surface area contributed by atoms with E-state index in [0.29, 0.717) is 38.9 Å². The Kier molecular flexibility index (Phi) is 38.7. The average Bonchev–Trinajstić information content (AvgIpc) is 3.13. The molecule has 0 unspecified atom stereocenters. The van der Waals surface area contributed by atoms with Crippen LogP contribution in [-0.4, -0.2) is 69.7 Å². The van der Waals surface area contributed by atoms with E-state index in [2.05, 4.69) is 38.2 Å². The summed E-state index contributed by atoms with van der Waals surface area (Å²) in [7, 11) is 3.87. The number of carbonyl (C=O) groups excluding carboxylic acids is 3. The molecule has 0 saturated carbocycles. The number of allylic oxidation sites excluding steroid dienone is 4. The maximum absolute atomic E-state index is 12.9. The molecule has 0 aromatic carbocycles. The van der Waals surface area contributed by atoms with Gasteiger partial charge in [0.2, 0.25) is 0 Å². The molecule has 0 N–H and O–H groups in total. The predicted molar refractivity (Wildman–Crippen MR) is 221 cm³/mol. The lowest BCUT2D eigenvalue weighted by Crippen LogP contribution is -2.43. The summed E-state index contributed by atoms with van der Waals surface area (Å²) in [5.41, 5.74) is 0. The minimum atomic E-state index is -0.204. The highest BCUT2D eigenvalue weighted by molar-refractivity contribution is 5.79. The molecular formula is C45H84N2O5+. The van der Waals surface area contributed by atoms with Gasteiger partial charge in [0.25, 0.3) is 0 Å². The smallest absolute Gasteiger partial charge is 0.362 e. The van der Waals surface area contributed by atoms with Crippen LogP contribution in [0.15, 0.2) is 24.3 Å². The lowest BCUT2D eigenvalue weighted by atomic mass is 10.1. The van der Waals surface area contributed by atoms with Crippen molar-refractivity contribution in [3.8, 4) is 0 Å². The Labute approximate surface area is 322 Å². The van der Waals surface area contributed by atoms with E-state index >= 15 is 0 Å². The highest BCUT2D eigenvalue weighted by Crippen LogP contribution is 2.12. The van der Waals surface area contributed by atoms with Crippen LogP contribution in [0, 0.1) is 0 Å². The van der Waals surface area contributed by atoms with Gasteiger partial charge in [-0.1, -0.05) is 146 Å². The van der Waals surface area contributed by atoms with Gasteiger partial charge in [-0.3, -0.25) is 9.59 Å². The number of ether oxygens (including phenoxy) is 2. The van der Waals surface area contributed by atoms with Gasteiger partial charge >= 0.3 is 17.8 Å². The molecule has 0 rings (SSSR count). The van der Waals surface area contributed by atoms with E-state index < -0.39 is 0 Å². The molecule has 0 aliphatic heterocycles. The Morgan fingerprint density at radius 1 is 0.462 bits per heavy atom. The predicted octanol–water partition coefficient (Wildman–Crippen LogP) is 11.8. The van der Waals surface area contributed by atoms with Gasteiger partial charge < -0.3 is 14.4 Å². The van der Waals surface area contributed by atoms with Gasteiger partial charge in [0, 0.05) is 19.4 Å². The largest absolute Gasteiger partial charge is 0.459 e. The van der Waals surface area contributed by atoms with Crippen molar-refractivity contribution in [1.29, 1.82) is 0 Å². The topological polar surface area (TPSA) is 78.8 Å². The molecule has 0 spiro atoms. The van der Waals surface area contributed by atoms with Crippen LogP contribution >= 0.6 is 0 Å². The van der Waals surface area contributed by atoms with Crippen LogP contribution < -0.4 is 4.90 Å². The third-order valence-electron chi connectivity index (χ3n) is 9.66. The summed E-state index contributed by atoms with van der Waals surface area (Å²) < 4.78 is 10.9. The van der Waals surface area contributed by atoms with E-state index in [9.17, 15) is 14.4 Å². The molecule has 0 aromatic rings. The maximum Gasteiger partial charge on any atom is 0.362 e. The third-order valence-corrected chi connectivity index (χ3v) is 9.66. The van der Waals surface area contributed by atoms with Crippen LogP contribution in [-0.2, 0) is 23.9 Å². The molecule has 0 heterocycles. The Morgan fingerprint density at radius 2 is 0.788 bits per heavy atom. The van der Waals surface area contributed by atoms with Crippen LogP contribution in [0.5, 0.6) is 0 Å². The van der Waals surface area contributed by atoms with Crippen molar-refractivity contribution in [1.82, 2.24) is 9.80 Å². The van der Waals surface area contributed by atoms with Crippen LogP contribution in [0.3, 0.4) is 0 Å². The molecule has 303 valence electrons. The number of nitrogens with zero attached hydrogens (tertiary/aromatic N) is 2. The van der Waals surface area contributed by atoms with Crippen molar-refractivity contribution >= 4 is 17.8 Å². The van der Waals surface area contributed by atoms with Gasteiger partial charge in [-0.25, -0.2) is 4.79 Å². The molecule has 0 bridgehead atoms. The second-order valence-corrected chi connectivity index (χ2v) is 15.0. The number of carbonyl (C=O) groups is 3. The monoisotopic (exact) mass is 733 g/mol. The quantitative estimate of drug-likeness (QED) is 0.0271. The molecule has 0 aromatic heterocycles. The molecule has 0 atom stereocenters. The van der Waals surface area contributed by atoms with Gasteiger partial charge in [-0.15, -0.1) is 0 Å². The minimum absolute atomic E-state index is 0.0182. The number of hydrogen-bond acceptors (Lipinski definition) is 6. The highest BCUT2D eigenvalue weighted by atomic mass is 16.5. The summed E-state index contributed by atoms with van der Waals surface area (Å²) in [5, 5.41) is 0. The van der Waals surface area contributed by atoms with Gasteiger partial charge in [0.05, 0.1) is 6.42 Å². The minimum Gasteiger partial charge on any atom is -0.459 e. The Morgan fingerprint density at radius 3 is 1.13 bits per heavy atom. The van der Waals surface area contributed by atoms with Crippen LogP contribution in [0.4, 0.5) is 0 Å². The SMILES string of the molecule is CCCCCCCC/C=C\CCCCCCCC(=O)OCC[N+](CCOC(=O)CCCCCCC/C=C\CCCCCCCC)C(=O)CCN(C)C. The van der Waals surface area contributed by atoms with Crippen molar-refractivity contribution < 1.29 is 23.9 Å². The van der Waals surface area contributed by atoms with E-state index in [1.165, 1.54) is 116 Å². The highest BCUT2D eigenvalue weighted by Gasteiger charge is 2.26. The molecule has 1 amide bonds. The standard InChI is InChI=1S/C45H84N2O5/c1-5-7-9-11-13-15-17-19-21-23-25-27-29-31-33-35-44(49)51-41-39-47(43(48)37-38-46(3)4)40-42-52-45(50)36-34-32-30-28-26-24-22-20-18-16-14-12-10-8-6-2/h19-22H,5-18,23-42H2,1-4H3/q+1/b21-19-,22-20-. The van der Waals surface area contributed by atoms with Crippen molar-refractivity contribution in [3.05, 3.63) is 24.3 Å². The van der Waals surface area contributed by atoms with Crippen molar-refractivity contribution in [2.24, 2.45) is 0 Å². The fraction of sp³-hybridized carbons (Fsp3) is 0.844. The van der Waals surface area contributed by atoms with E-state index in [0.717, 1.165) is 51.4 Å². The number of hydrogen-bond donors (Lipinski definition) is 0. The summed E-state index contributed by atoms with van der Waals surface area (Å²) in [4.78, 5) is 41.1. The summed E-state index contributed by atoms with van der Waals surface area (Å²) >= 11 is 0. The Balaban J connectivity index is 3.99. The summed E-state index contributed by atoms with van der Waals surface area (Å²) in [6.45, 7) is 6.13. The molecule has 0 aliphatic carbocycles. The first-order chi connectivity index (χ1) is 25.4. The number of rotatable bonds is 39. The fourth-order valence-corrected chi connectivity index (χ4v) is 6.20. The first kappa shape index (κ1) is 50.0. The summed E-state index contributed by atoms with van der Waals surface area (Å²) in [6.07, 6.45) is 42.4. The second kappa shape index (κ2) is 40.2. The molecule has 0 aliphatic rings. The number of amides is 1. The number of unbranched alkanes of at least 4 members (excludes halogenated alkanes) is 22. The zero-order chi connectivity index (χ0) is 38.2. The van der Waals surface area contributed by atoms with E-state index in [1.54, 1.807) is 4.90 Å². The zero-order valence-electron chi connectivity index (χ0n) is 34.8.